The number of aliphatic hydroxyl groups excluding tert-OH is 1. The van der Waals surface area contributed by atoms with E-state index >= 15 is 0 Å². The molecule has 7 heteroatoms. The van der Waals surface area contributed by atoms with Gasteiger partial charge < -0.3 is 14.3 Å². The van der Waals surface area contributed by atoms with Gasteiger partial charge >= 0.3 is 0 Å². The Kier molecular flexibility index (Phi) is 5.81. The average molecular weight is 435 g/mol. The number of ketones is 1. The number of carbonyl (C=O) groups excluding carboxylic acids is 2. The largest absolute Gasteiger partial charge is 0.507 e. The Morgan fingerprint density at radius 1 is 1.12 bits per heavy atom. The van der Waals surface area contributed by atoms with Gasteiger partial charge in [-0.15, -0.1) is 0 Å². The summed E-state index contributed by atoms with van der Waals surface area (Å²) in [7, 11) is 0. The van der Waals surface area contributed by atoms with Crippen LogP contribution >= 0.6 is 0 Å². The highest BCUT2D eigenvalue weighted by molar-refractivity contribution is 6.51. The summed E-state index contributed by atoms with van der Waals surface area (Å²) in [5.41, 5.74) is 0.406. The minimum absolute atomic E-state index is 0.129. The Labute approximate surface area is 184 Å². The molecule has 1 aliphatic heterocycles. The van der Waals surface area contributed by atoms with Crippen molar-refractivity contribution in [3.8, 4) is 5.75 Å². The first kappa shape index (κ1) is 21.4. The topological polar surface area (TPSA) is 80.0 Å². The Balaban J connectivity index is 1.83. The van der Waals surface area contributed by atoms with Crippen LogP contribution in [0.15, 0.2) is 70.7 Å². The van der Waals surface area contributed by atoms with Crippen molar-refractivity contribution in [2.45, 2.75) is 26.3 Å². The van der Waals surface area contributed by atoms with Crippen LogP contribution in [-0.2, 0) is 9.59 Å². The molecule has 32 heavy (non-hydrogen) atoms. The molecule has 1 aromatic heterocycles. The van der Waals surface area contributed by atoms with Crippen LogP contribution in [-0.4, -0.2) is 23.4 Å². The van der Waals surface area contributed by atoms with Gasteiger partial charge in [-0.05, 0) is 67.9 Å². The molecule has 4 rings (SSSR count). The van der Waals surface area contributed by atoms with Crippen LogP contribution in [0.1, 0.15) is 36.5 Å². The third kappa shape index (κ3) is 3.89. The predicted octanol–water partition coefficient (Wildman–Crippen LogP) is 5.14. The number of rotatable bonds is 6. The van der Waals surface area contributed by atoms with Crippen LogP contribution in [0, 0.1) is 12.7 Å². The Morgan fingerprint density at radius 2 is 1.88 bits per heavy atom. The van der Waals surface area contributed by atoms with Crippen molar-refractivity contribution in [3.63, 3.8) is 0 Å². The molecule has 1 atom stereocenters. The standard InChI is InChI=1S/C25H22FNO5/c1-3-13-31-19-10-8-16(9-11-19)23(28)21-22(20-12-7-15(2)32-20)27(25(30)24(21)29)18-6-4-5-17(26)14-18/h4-12,14,22,28H,3,13H2,1-2H3/b23-21-. The van der Waals surface area contributed by atoms with E-state index in [1.165, 1.54) is 18.2 Å². The lowest BCUT2D eigenvalue weighted by atomic mass is 9.99. The molecule has 1 unspecified atom stereocenters. The molecule has 0 aliphatic carbocycles. The third-order valence-electron chi connectivity index (χ3n) is 5.16. The second-order valence-electron chi connectivity index (χ2n) is 7.47. The number of hydrogen-bond donors (Lipinski definition) is 1. The zero-order valence-electron chi connectivity index (χ0n) is 17.7. The number of benzene rings is 2. The van der Waals surface area contributed by atoms with E-state index in [-0.39, 0.29) is 22.8 Å². The lowest BCUT2D eigenvalue weighted by molar-refractivity contribution is -0.132. The zero-order chi connectivity index (χ0) is 22.8. The van der Waals surface area contributed by atoms with Crippen molar-refractivity contribution in [1.29, 1.82) is 0 Å². The van der Waals surface area contributed by atoms with Crippen LogP contribution in [0.4, 0.5) is 10.1 Å². The van der Waals surface area contributed by atoms with E-state index in [2.05, 4.69) is 0 Å². The second-order valence-corrected chi connectivity index (χ2v) is 7.47. The van der Waals surface area contributed by atoms with Gasteiger partial charge in [0.15, 0.2) is 0 Å². The molecule has 1 N–H and O–H groups in total. The van der Waals surface area contributed by atoms with Crippen molar-refractivity contribution >= 4 is 23.1 Å². The molecule has 0 radical (unpaired) electrons. The summed E-state index contributed by atoms with van der Waals surface area (Å²) in [5, 5.41) is 11.1. The minimum Gasteiger partial charge on any atom is -0.507 e. The summed E-state index contributed by atoms with van der Waals surface area (Å²) < 4.78 is 25.2. The summed E-state index contributed by atoms with van der Waals surface area (Å²) in [6.45, 7) is 4.28. The first-order valence-electron chi connectivity index (χ1n) is 10.3. The van der Waals surface area contributed by atoms with E-state index in [4.69, 9.17) is 9.15 Å². The molecule has 2 heterocycles. The lowest BCUT2D eigenvalue weighted by Gasteiger charge is -2.23. The number of amides is 1. The summed E-state index contributed by atoms with van der Waals surface area (Å²) >= 11 is 0. The molecule has 1 saturated heterocycles. The fraction of sp³-hybridized carbons (Fsp3) is 0.200. The van der Waals surface area contributed by atoms with E-state index in [9.17, 15) is 19.1 Å². The van der Waals surface area contributed by atoms with Gasteiger partial charge in [-0.1, -0.05) is 13.0 Å². The Bertz CT molecular complexity index is 1200. The number of aliphatic hydroxyl groups is 1. The Morgan fingerprint density at radius 3 is 2.50 bits per heavy atom. The molecule has 0 saturated carbocycles. The summed E-state index contributed by atoms with van der Waals surface area (Å²) in [6, 6.07) is 14.2. The van der Waals surface area contributed by atoms with Gasteiger partial charge in [0.1, 0.15) is 34.9 Å². The van der Waals surface area contributed by atoms with Gasteiger partial charge in [0.05, 0.1) is 12.2 Å². The molecule has 1 amide bonds. The number of halogens is 1. The Hall–Kier alpha value is -3.87. The molecule has 1 fully saturated rings. The van der Waals surface area contributed by atoms with Crippen molar-refractivity contribution in [2.24, 2.45) is 0 Å². The minimum atomic E-state index is -1.04. The number of ether oxygens (including phenoxy) is 1. The second kappa shape index (κ2) is 8.70. The SMILES string of the molecule is CCCOc1ccc(/C(O)=C2/C(=O)C(=O)N(c3cccc(F)c3)C2c2ccc(C)o2)cc1. The number of nitrogens with zero attached hydrogens (tertiary/aromatic N) is 1. The number of aryl methyl sites for hydroxylation is 1. The highest BCUT2D eigenvalue weighted by atomic mass is 19.1. The lowest BCUT2D eigenvalue weighted by Crippen LogP contribution is -2.29. The molecule has 0 spiro atoms. The van der Waals surface area contributed by atoms with E-state index in [0.29, 0.717) is 23.7 Å². The van der Waals surface area contributed by atoms with Crippen LogP contribution in [0.3, 0.4) is 0 Å². The van der Waals surface area contributed by atoms with Crippen LogP contribution in [0.25, 0.3) is 5.76 Å². The van der Waals surface area contributed by atoms with E-state index in [0.717, 1.165) is 17.4 Å². The smallest absolute Gasteiger partial charge is 0.300 e. The molecule has 2 aromatic carbocycles. The van der Waals surface area contributed by atoms with Gasteiger partial charge in [-0.3, -0.25) is 14.5 Å². The van der Waals surface area contributed by atoms with Gasteiger partial charge in [-0.2, -0.15) is 0 Å². The maximum atomic E-state index is 13.9. The zero-order valence-corrected chi connectivity index (χ0v) is 17.7. The maximum Gasteiger partial charge on any atom is 0.300 e. The molecule has 6 nitrogen and oxygen atoms in total. The van der Waals surface area contributed by atoms with Gasteiger partial charge in [0.25, 0.3) is 11.7 Å². The summed E-state index contributed by atoms with van der Waals surface area (Å²) in [5.74, 6) is -1.17. The molecular formula is C25H22FNO5. The monoisotopic (exact) mass is 435 g/mol. The first-order valence-corrected chi connectivity index (χ1v) is 10.3. The maximum absolute atomic E-state index is 13.9. The highest BCUT2D eigenvalue weighted by Crippen LogP contribution is 2.42. The summed E-state index contributed by atoms with van der Waals surface area (Å²) in [6.07, 6.45) is 0.855. The molecule has 164 valence electrons. The molecule has 1 aliphatic rings. The molecule has 0 bridgehead atoms. The normalized spacial score (nSPS) is 17.7. The molecule has 3 aromatic rings. The predicted molar refractivity (Wildman–Crippen MR) is 117 cm³/mol. The summed E-state index contributed by atoms with van der Waals surface area (Å²) in [4.78, 5) is 27.1. The van der Waals surface area contributed by atoms with E-state index in [1.54, 1.807) is 43.3 Å². The van der Waals surface area contributed by atoms with Crippen molar-refractivity contribution in [1.82, 2.24) is 0 Å². The van der Waals surface area contributed by atoms with Crippen molar-refractivity contribution in [2.75, 3.05) is 11.5 Å². The van der Waals surface area contributed by atoms with Crippen LogP contribution in [0.5, 0.6) is 5.75 Å². The highest BCUT2D eigenvalue weighted by Gasteiger charge is 2.48. The quantitative estimate of drug-likeness (QED) is 0.329. The number of anilines is 1. The van der Waals surface area contributed by atoms with E-state index in [1.807, 2.05) is 6.92 Å². The molecular weight excluding hydrogens is 413 g/mol. The first-order chi connectivity index (χ1) is 15.4. The number of carbonyl (C=O) groups is 2. The van der Waals surface area contributed by atoms with Crippen molar-refractivity contribution < 1.29 is 28.2 Å². The number of hydrogen-bond acceptors (Lipinski definition) is 5. The third-order valence-corrected chi connectivity index (χ3v) is 5.16. The van der Waals surface area contributed by atoms with Gasteiger partial charge in [-0.25, -0.2) is 4.39 Å². The van der Waals surface area contributed by atoms with Crippen LogP contribution in [0.2, 0.25) is 0 Å². The van der Waals surface area contributed by atoms with Gasteiger partial charge in [0, 0.05) is 11.3 Å². The van der Waals surface area contributed by atoms with Crippen molar-refractivity contribution in [3.05, 3.63) is 89.1 Å². The van der Waals surface area contributed by atoms with E-state index < -0.39 is 23.5 Å². The van der Waals surface area contributed by atoms with Gasteiger partial charge in [0.2, 0.25) is 0 Å². The fourth-order valence-corrected chi connectivity index (χ4v) is 3.68. The van der Waals surface area contributed by atoms with Crippen LogP contribution < -0.4 is 9.64 Å². The fourth-order valence-electron chi connectivity index (χ4n) is 3.68. The average Bonchev–Trinajstić information content (AvgIpc) is 3.33. The number of furan rings is 1. The number of Topliss-reactive ketones (excluding diaryl/α,β-unsaturated/α-hetero) is 1.